The Morgan fingerprint density at radius 2 is 1.97 bits per heavy atom. The third-order valence-corrected chi connectivity index (χ3v) is 6.81. The summed E-state index contributed by atoms with van der Waals surface area (Å²) in [6.45, 7) is 2.87. The van der Waals surface area contributed by atoms with Crippen LogP contribution in [0.15, 0.2) is 47.8 Å². The third-order valence-electron chi connectivity index (χ3n) is 5.78. The predicted octanol–water partition coefficient (Wildman–Crippen LogP) is 5.03. The molecule has 0 saturated carbocycles. The highest BCUT2D eigenvalue weighted by atomic mass is 32.1. The van der Waals surface area contributed by atoms with E-state index in [1.807, 2.05) is 41.8 Å². The van der Waals surface area contributed by atoms with Gasteiger partial charge in [-0.2, -0.15) is 10.5 Å². The molecule has 0 amide bonds. The molecular formula is C24H26N2O3S. The normalized spacial score (nSPS) is 23.8. The molecule has 6 heteroatoms. The number of ether oxygens (including phenoxy) is 2. The van der Waals surface area contributed by atoms with Crippen molar-refractivity contribution in [3.63, 3.8) is 0 Å². The summed E-state index contributed by atoms with van der Waals surface area (Å²) in [6.07, 6.45) is 1.21. The van der Waals surface area contributed by atoms with E-state index in [0.29, 0.717) is 32.7 Å². The first-order valence-electron chi connectivity index (χ1n) is 10.3. The van der Waals surface area contributed by atoms with Gasteiger partial charge >= 0.3 is 5.97 Å². The van der Waals surface area contributed by atoms with E-state index in [1.165, 1.54) is 4.88 Å². The van der Waals surface area contributed by atoms with Crippen LogP contribution in [0, 0.1) is 34.0 Å². The number of nitriles is 2. The minimum Gasteiger partial charge on any atom is -0.466 e. The van der Waals surface area contributed by atoms with Crippen LogP contribution in [-0.2, 0) is 14.3 Å². The van der Waals surface area contributed by atoms with Gasteiger partial charge < -0.3 is 9.47 Å². The molecule has 2 heterocycles. The van der Waals surface area contributed by atoms with Crippen molar-refractivity contribution in [2.75, 3.05) is 19.8 Å². The highest BCUT2D eigenvalue weighted by molar-refractivity contribution is 7.10. The maximum absolute atomic E-state index is 12.4. The predicted molar refractivity (Wildman–Crippen MR) is 115 cm³/mol. The maximum atomic E-state index is 12.4. The van der Waals surface area contributed by atoms with Crippen LogP contribution in [-0.4, -0.2) is 25.8 Å². The average Bonchev–Trinajstić information content (AvgIpc) is 3.31. The van der Waals surface area contributed by atoms with Crippen molar-refractivity contribution in [3.05, 3.63) is 58.3 Å². The summed E-state index contributed by atoms with van der Waals surface area (Å²) >= 11 is 1.66. The molecular weight excluding hydrogens is 396 g/mol. The number of thiophene rings is 1. The Labute approximate surface area is 181 Å². The molecule has 0 radical (unpaired) electrons. The molecule has 3 atom stereocenters. The monoisotopic (exact) mass is 422 g/mol. The first kappa shape index (κ1) is 22.0. The lowest BCUT2D eigenvalue weighted by Gasteiger charge is -2.35. The average molecular weight is 423 g/mol. The van der Waals surface area contributed by atoms with E-state index >= 15 is 0 Å². The van der Waals surface area contributed by atoms with Gasteiger partial charge in [0.15, 0.2) is 5.41 Å². The number of benzene rings is 1. The van der Waals surface area contributed by atoms with Crippen molar-refractivity contribution in [1.82, 2.24) is 0 Å². The fourth-order valence-corrected chi connectivity index (χ4v) is 5.20. The Balaban J connectivity index is 2.02. The first-order chi connectivity index (χ1) is 14.6. The molecule has 1 saturated heterocycles. The van der Waals surface area contributed by atoms with E-state index in [1.54, 1.807) is 18.3 Å². The van der Waals surface area contributed by atoms with E-state index in [9.17, 15) is 15.3 Å². The van der Waals surface area contributed by atoms with Crippen molar-refractivity contribution < 1.29 is 14.3 Å². The van der Waals surface area contributed by atoms with Crippen LogP contribution in [0.2, 0.25) is 0 Å². The van der Waals surface area contributed by atoms with Gasteiger partial charge in [-0.1, -0.05) is 36.4 Å². The second-order valence-corrected chi connectivity index (χ2v) is 8.62. The zero-order valence-electron chi connectivity index (χ0n) is 17.1. The van der Waals surface area contributed by atoms with Crippen LogP contribution < -0.4 is 0 Å². The van der Waals surface area contributed by atoms with Gasteiger partial charge in [0.05, 0.1) is 38.4 Å². The SMILES string of the molecule is CCOC(=O)CC1COCC(c2cccs2)CCC(C#N)(C#N)C1c1ccccc1. The number of rotatable bonds is 5. The van der Waals surface area contributed by atoms with Gasteiger partial charge in [0, 0.05) is 22.6 Å². The Bertz CT molecular complexity index is 885. The fourth-order valence-electron chi connectivity index (χ4n) is 4.35. The number of hydrogen-bond donors (Lipinski definition) is 0. The Hall–Kier alpha value is -2.67. The molecule has 0 bridgehead atoms. The molecule has 1 aliphatic heterocycles. The Morgan fingerprint density at radius 3 is 2.60 bits per heavy atom. The minimum atomic E-state index is -1.25. The molecule has 1 aromatic heterocycles. The van der Waals surface area contributed by atoms with Gasteiger partial charge in [-0.15, -0.1) is 11.3 Å². The molecule has 3 rings (SSSR count). The number of carbonyl (C=O) groups is 1. The second kappa shape index (κ2) is 10.4. The number of carbonyl (C=O) groups excluding carboxylic acids is 1. The summed E-state index contributed by atoms with van der Waals surface area (Å²) in [5.74, 6) is -0.970. The molecule has 2 aromatic rings. The summed E-state index contributed by atoms with van der Waals surface area (Å²) in [7, 11) is 0. The summed E-state index contributed by atoms with van der Waals surface area (Å²) < 4.78 is 11.3. The van der Waals surface area contributed by atoms with E-state index in [4.69, 9.17) is 9.47 Å². The molecule has 5 nitrogen and oxygen atoms in total. The molecule has 0 N–H and O–H groups in total. The zero-order valence-corrected chi connectivity index (χ0v) is 17.9. The number of esters is 1. The van der Waals surface area contributed by atoms with Gasteiger partial charge in [-0.3, -0.25) is 4.79 Å². The van der Waals surface area contributed by atoms with Crippen molar-refractivity contribution in [1.29, 1.82) is 10.5 Å². The van der Waals surface area contributed by atoms with Gasteiger partial charge in [0.2, 0.25) is 0 Å². The minimum absolute atomic E-state index is 0.113. The number of nitrogens with zero attached hydrogens (tertiary/aromatic N) is 2. The zero-order chi connectivity index (χ0) is 21.4. The van der Waals surface area contributed by atoms with Crippen molar-refractivity contribution in [3.8, 4) is 12.1 Å². The smallest absolute Gasteiger partial charge is 0.306 e. The molecule has 1 aromatic carbocycles. The van der Waals surface area contributed by atoms with E-state index in [-0.39, 0.29) is 24.2 Å². The van der Waals surface area contributed by atoms with Crippen molar-refractivity contribution >= 4 is 17.3 Å². The lowest BCUT2D eigenvalue weighted by molar-refractivity contribution is -0.145. The van der Waals surface area contributed by atoms with Gasteiger partial charge in [0.25, 0.3) is 0 Å². The van der Waals surface area contributed by atoms with Gasteiger partial charge in [-0.05, 0) is 36.8 Å². The summed E-state index contributed by atoms with van der Waals surface area (Å²) in [5.41, 5.74) is -0.366. The largest absolute Gasteiger partial charge is 0.466 e. The molecule has 0 spiro atoms. The molecule has 1 aliphatic rings. The van der Waals surface area contributed by atoms with Crippen LogP contribution >= 0.6 is 11.3 Å². The standard InChI is InChI=1S/C24H26N2O3S/c1-2-29-22(27)13-20-15-28-14-19(21-9-6-12-30-21)10-11-24(16-25,17-26)23(20)18-7-4-3-5-8-18/h3-9,12,19-20,23H,2,10-11,13-15H2,1H3. The van der Waals surface area contributed by atoms with Crippen LogP contribution in [0.1, 0.15) is 48.5 Å². The highest BCUT2D eigenvalue weighted by Gasteiger charge is 2.46. The van der Waals surface area contributed by atoms with E-state index < -0.39 is 11.3 Å². The fraction of sp³-hybridized carbons (Fsp3) is 0.458. The summed E-state index contributed by atoms with van der Waals surface area (Å²) in [5, 5.41) is 22.5. The maximum Gasteiger partial charge on any atom is 0.306 e. The first-order valence-corrected chi connectivity index (χ1v) is 11.2. The third kappa shape index (κ3) is 4.90. The van der Waals surface area contributed by atoms with Crippen LogP contribution in [0.4, 0.5) is 0 Å². The highest BCUT2D eigenvalue weighted by Crippen LogP contribution is 2.48. The Kier molecular flexibility index (Phi) is 7.63. The Morgan fingerprint density at radius 1 is 1.20 bits per heavy atom. The van der Waals surface area contributed by atoms with Crippen LogP contribution in [0.3, 0.4) is 0 Å². The van der Waals surface area contributed by atoms with E-state index in [0.717, 1.165) is 5.56 Å². The topological polar surface area (TPSA) is 83.1 Å². The van der Waals surface area contributed by atoms with Crippen molar-refractivity contribution in [2.24, 2.45) is 11.3 Å². The summed E-state index contributed by atoms with van der Waals surface area (Å²) in [4.78, 5) is 13.6. The van der Waals surface area contributed by atoms with Gasteiger partial charge in [-0.25, -0.2) is 0 Å². The van der Waals surface area contributed by atoms with Crippen LogP contribution in [0.5, 0.6) is 0 Å². The lowest BCUT2D eigenvalue weighted by atomic mass is 9.64. The van der Waals surface area contributed by atoms with Gasteiger partial charge in [0.1, 0.15) is 0 Å². The molecule has 30 heavy (non-hydrogen) atoms. The summed E-state index contributed by atoms with van der Waals surface area (Å²) in [6, 6.07) is 18.3. The molecule has 3 unspecified atom stereocenters. The van der Waals surface area contributed by atoms with Crippen LogP contribution in [0.25, 0.3) is 0 Å². The number of hydrogen-bond acceptors (Lipinski definition) is 6. The molecule has 1 fully saturated rings. The lowest BCUT2D eigenvalue weighted by Crippen LogP contribution is -2.35. The van der Waals surface area contributed by atoms with E-state index in [2.05, 4.69) is 18.2 Å². The second-order valence-electron chi connectivity index (χ2n) is 7.64. The molecule has 0 aliphatic carbocycles. The molecule has 156 valence electrons. The quantitative estimate of drug-likeness (QED) is 0.631. The van der Waals surface area contributed by atoms with Crippen molar-refractivity contribution in [2.45, 2.75) is 38.0 Å².